The van der Waals surface area contributed by atoms with Gasteiger partial charge in [0.1, 0.15) is 6.61 Å². The fourth-order valence-electron chi connectivity index (χ4n) is 1.65. The molecule has 114 valence electrons. The molecule has 0 aliphatic heterocycles. The molecule has 0 aliphatic carbocycles. The number of nitrogens with one attached hydrogen (secondary N) is 1. The number of halogens is 3. The largest absolute Gasteiger partial charge is 0.493 e. The van der Waals surface area contributed by atoms with Gasteiger partial charge in [-0.2, -0.15) is 13.2 Å². The normalized spacial score (nSPS) is 11.4. The number of hydrogen-bond donors (Lipinski definition) is 1. The van der Waals surface area contributed by atoms with Crippen molar-refractivity contribution in [3.05, 3.63) is 23.8 Å². The summed E-state index contributed by atoms with van der Waals surface area (Å²) in [5.74, 6) is 1.22. The van der Waals surface area contributed by atoms with E-state index in [2.05, 4.69) is 10.1 Å². The van der Waals surface area contributed by atoms with E-state index in [-0.39, 0.29) is 6.61 Å². The standard InChI is InChI=1S/C13H18F3NO3/c1-18-11-5-3-4-10(12(11)19-2)8-17-6-7-20-9-13(14,15)16/h3-5,17H,6-9H2,1-2H3. The maximum absolute atomic E-state index is 11.8. The fraction of sp³-hybridized carbons (Fsp3) is 0.538. The van der Waals surface area contributed by atoms with E-state index in [0.29, 0.717) is 24.6 Å². The van der Waals surface area contributed by atoms with E-state index in [1.54, 1.807) is 13.2 Å². The van der Waals surface area contributed by atoms with E-state index >= 15 is 0 Å². The van der Waals surface area contributed by atoms with Crippen molar-refractivity contribution in [1.82, 2.24) is 5.32 Å². The molecule has 1 aromatic rings. The van der Waals surface area contributed by atoms with Gasteiger partial charge in [-0.25, -0.2) is 0 Å². The van der Waals surface area contributed by atoms with E-state index in [4.69, 9.17) is 9.47 Å². The number of ether oxygens (including phenoxy) is 3. The van der Waals surface area contributed by atoms with Crippen molar-refractivity contribution >= 4 is 0 Å². The summed E-state index contributed by atoms with van der Waals surface area (Å²) in [5.41, 5.74) is 0.864. The molecule has 0 fully saturated rings. The second-order valence-corrected chi connectivity index (χ2v) is 4.00. The third-order valence-electron chi connectivity index (χ3n) is 2.49. The van der Waals surface area contributed by atoms with E-state index < -0.39 is 12.8 Å². The van der Waals surface area contributed by atoms with E-state index in [1.165, 1.54) is 7.11 Å². The summed E-state index contributed by atoms with van der Waals surface area (Å²) in [6.45, 7) is -0.463. The number of methoxy groups -OCH3 is 2. The average Bonchev–Trinajstić information content (AvgIpc) is 2.40. The molecule has 0 spiro atoms. The van der Waals surface area contributed by atoms with Gasteiger partial charge in [0.2, 0.25) is 0 Å². The third kappa shape index (κ3) is 5.66. The highest BCUT2D eigenvalue weighted by Crippen LogP contribution is 2.30. The number of rotatable bonds is 8. The number of hydrogen-bond acceptors (Lipinski definition) is 4. The average molecular weight is 293 g/mol. The zero-order valence-corrected chi connectivity index (χ0v) is 11.4. The molecule has 0 atom stereocenters. The van der Waals surface area contributed by atoms with Gasteiger partial charge >= 0.3 is 6.18 Å². The maximum atomic E-state index is 11.8. The van der Waals surface area contributed by atoms with Crippen LogP contribution in [0.4, 0.5) is 13.2 Å². The minimum atomic E-state index is -4.28. The van der Waals surface area contributed by atoms with E-state index in [9.17, 15) is 13.2 Å². The molecule has 1 N–H and O–H groups in total. The smallest absolute Gasteiger partial charge is 0.411 e. The first kappa shape index (κ1) is 16.6. The van der Waals surface area contributed by atoms with Crippen molar-refractivity contribution in [2.75, 3.05) is 34.0 Å². The second-order valence-electron chi connectivity index (χ2n) is 4.00. The molecule has 0 aromatic heterocycles. The zero-order valence-electron chi connectivity index (χ0n) is 11.4. The van der Waals surface area contributed by atoms with Gasteiger partial charge in [-0.1, -0.05) is 12.1 Å². The van der Waals surface area contributed by atoms with Crippen molar-refractivity contribution in [1.29, 1.82) is 0 Å². The van der Waals surface area contributed by atoms with Gasteiger partial charge < -0.3 is 19.5 Å². The molecule has 20 heavy (non-hydrogen) atoms. The summed E-state index contributed by atoms with van der Waals surface area (Å²) >= 11 is 0. The van der Waals surface area contributed by atoms with Gasteiger partial charge in [-0.15, -0.1) is 0 Å². The molecular formula is C13H18F3NO3. The van der Waals surface area contributed by atoms with Crippen LogP contribution in [0.5, 0.6) is 11.5 Å². The predicted molar refractivity (Wildman–Crippen MR) is 68.1 cm³/mol. The highest BCUT2D eigenvalue weighted by molar-refractivity contribution is 5.46. The van der Waals surface area contributed by atoms with Crippen LogP contribution in [0, 0.1) is 0 Å². The molecule has 7 heteroatoms. The van der Waals surface area contributed by atoms with Gasteiger partial charge in [0.15, 0.2) is 11.5 Å². The summed E-state index contributed by atoms with van der Waals surface area (Å²) in [7, 11) is 3.08. The number of para-hydroxylation sites is 1. The minimum Gasteiger partial charge on any atom is -0.493 e. The molecule has 0 unspecified atom stereocenters. The van der Waals surface area contributed by atoms with E-state index in [1.807, 2.05) is 12.1 Å². The second kappa shape index (κ2) is 7.96. The first-order chi connectivity index (χ1) is 9.48. The Morgan fingerprint density at radius 2 is 1.90 bits per heavy atom. The Morgan fingerprint density at radius 1 is 1.15 bits per heavy atom. The Kier molecular flexibility index (Phi) is 6.60. The van der Waals surface area contributed by atoms with E-state index in [0.717, 1.165) is 5.56 Å². The maximum Gasteiger partial charge on any atom is 0.411 e. The van der Waals surface area contributed by atoms with Crippen LogP contribution < -0.4 is 14.8 Å². The summed E-state index contributed by atoms with van der Waals surface area (Å²) in [5, 5.41) is 2.99. The molecule has 0 radical (unpaired) electrons. The Hall–Kier alpha value is -1.47. The molecule has 0 aliphatic rings. The Balaban J connectivity index is 2.35. The number of alkyl halides is 3. The van der Waals surface area contributed by atoms with Crippen molar-refractivity contribution in [2.45, 2.75) is 12.7 Å². The minimum absolute atomic E-state index is 0.00814. The van der Waals surface area contributed by atoms with Crippen molar-refractivity contribution in [3.63, 3.8) is 0 Å². The van der Waals surface area contributed by atoms with Crippen LogP contribution in [0.1, 0.15) is 5.56 Å². The first-order valence-electron chi connectivity index (χ1n) is 6.03. The van der Waals surface area contributed by atoms with Crippen molar-refractivity contribution in [2.24, 2.45) is 0 Å². The lowest BCUT2D eigenvalue weighted by Gasteiger charge is -2.13. The quantitative estimate of drug-likeness (QED) is 0.747. The predicted octanol–water partition coefficient (Wildman–Crippen LogP) is 2.37. The zero-order chi connectivity index (χ0) is 15.0. The lowest BCUT2D eigenvalue weighted by atomic mass is 10.2. The Bertz CT molecular complexity index is 410. The summed E-state index contributed by atoms with van der Waals surface area (Å²) in [6, 6.07) is 5.44. The monoisotopic (exact) mass is 293 g/mol. The van der Waals surface area contributed by atoms with Crippen LogP contribution in [0.3, 0.4) is 0 Å². The molecule has 0 heterocycles. The Morgan fingerprint density at radius 3 is 2.50 bits per heavy atom. The first-order valence-corrected chi connectivity index (χ1v) is 6.03. The summed E-state index contributed by atoms with van der Waals surface area (Å²) in [4.78, 5) is 0. The van der Waals surface area contributed by atoms with Crippen LogP contribution in [-0.2, 0) is 11.3 Å². The molecule has 4 nitrogen and oxygen atoms in total. The van der Waals surface area contributed by atoms with Crippen LogP contribution in [0.15, 0.2) is 18.2 Å². The topological polar surface area (TPSA) is 39.7 Å². The molecule has 0 amide bonds. The highest BCUT2D eigenvalue weighted by Gasteiger charge is 2.27. The summed E-state index contributed by atoms with van der Waals surface area (Å²) in [6.07, 6.45) is -4.28. The van der Waals surface area contributed by atoms with Gasteiger partial charge in [0, 0.05) is 18.7 Å². The van der Waals surface area contributed by atoms with Gasteiger partial charge in [0.25, 0.3) is 0 Å². The van der Waals surface area contributed by atoms with Crippen molar-refractivity contribution < 1.29 is 27.4 Å². The summed E-state index contributed by atoms with van der Waals surface area (Å²) < 4.78 is 50.4. The lowest BCUT2D eigenvalue weighted by molar-refractivity contribution is -0.173. The van der Waals surface area contributed by atoms with Gasteiger partial charge in [0.05, 0.1) is 20.8 Å². The van der Waals surface area contributed by atoms with Crippen LogP contribution >= 0.6 is 0 Å². The molecule has 1 aromatic carbocycles. The lowest BCUT2D eigenvalue weighted by Crippen LogP contribution is -2.23. The van der Waals surface area contributed by atoms with Gasteiger partial charge in [-0.3, -0.25) is 0 Å². The third-order valence-corrected chi connectivity index (χ3v) is 2.49. The Labute approximate surface area is 115 Å². The molecule has 1 rings (SSSR count). The van der Waals surface area contributed by atoms with Crippen LogP contribution in [0.25, 0.3) is 0 Å². The highest BCUT2D eigenvalue weighted by atomic mass is 19.4. The van der Waals surface area contributed by atoms with Gasteiger partial charge in [-0.05, 0) is 6.07 Å². The molecule has 0 bridgehead atoms. The van der Waals surface area contributed by atoms with Crippen LogP contribution in [0.2, 0.25) is 0 Å². The molecule has 0 saturated heterocycles. The SMILES string of the molecule is COc1cccc(CNCCOCC(F)(F)F)c1OC. The molecular weight excluding hydrogens is 275 g/mol. The van der Waals surface area contributed by atoms with Crippen molar-refractivity contribution in [3.8, 4) is 11.5 Å². The number of benzene rings is 1. The van der Waals surface area contributed by atoms with Crippen LogP contribution in [-0.4, -0.2) is 40.2 Å². The molecule has 0 saturated carbocycles. The fourth-order valence-corrected chi connectivity index (χ4v) is 1.65.